The van der Waals surface area contributed by atoms with Crippen molar-refractivity contribution in [3.63, 3.8) is 0 Å². The lowest BCUT2D eigenvalue weighted by Gasteiger charge is -2.48. The van der Waals surface area contributed by atoms with E-state index in [-0.39, 0.29) is 23.4 Å². The van der Waals surface area contributed by atoms with E-state index in [0.29, 0.717) is 29.5 Å². The highest BCUT2D eigenvalue weighted by Gasteiger charge is 2.48. The van der Waals surface area contributed by atoms with Crippen LogP contribution in [0.5, 0.6) is 11.5 Å². The predicted molar refractivity (Wildman–Crippen MR) is 136 cm³/mol. The Morgan fingerprint density at radius 3 is 2.25 bits per heavy atom. The Morgan fingerprint density at radius 2 is 1.53 bits per heavy atom. The van der Waals surface area contributed by atoms with E-state index in [1.54, 1.807) is 53.4 Å². The molecule has 1 saturated heterocycles. The summed E-state index contributed by atoms with van der Waals surface area (Å²) in [6, 6.07) is 26.8. The number of carbonyl (C=O) groups excluding carboxylic acids is 1. The van der Waals surface area contributed by atoms with Gasteiger partial charge in [-0.1, -0.05) is 60.7 Å². The number of hydrogen-bond acceptors (Lipinski definition) is 4. The maximum absolute atomic E-state index is 13.6. The zero-order chi connectivity index (χ0) is 25.2. The summed E-state index contributed by atoms with van der Waals surface area (Å²) in [6.45, 7) is 0. The second kappa shape index (κ2) is 9.84. The summed E-state index contributed by atoms with van der Waals surface area (Å²) in [5.74, 6) is -0.834. The van der Waals surface area contributed by atoms with Crippen LogP contribution in [-0.4, -0.2) is 21.2 Å². The van der Waals surface area contributed by atoms with E-state index in [2.05, 4.69) is 0 Å². The average molecular weight is 484 g/mol. The molecule has 0 saturated carbocycles. The van der Waals surface area contributed by atoms with Gasteiger partial charge in [-0.25, -0.2) is 4.39 Å². The Morgan fingerprint density at radius 1 is 0.806 bits per heavy atom. The van der Waals surface area contributed by atoms with Gasteiger partial charge in [-0.05, 0) is 60.4 Å². The highest BCUT2D eigenvalue weighted by atomic mass is 19.1. The van der Waals surface area contributed by atoms with Gasteiger partial charge in [-0.2, -0.15) is 0 Å². The number of rotatable bonds is 7. The monoisotopic (exact) mass is 483 g/mol. The summed E-state index contributed by atoms with van der Waals surface area (Å²) in [4.78, 5) is 15.0. The number of hydrogen-bond donors (Lipinski definition) is 3. The van der Waals surface area contributed by atoms with Crippen LogP contribution in [0.25, 0.3) is 11.1 Å². The van der Waals surface area contributed by atoms with Crippen LogP contribution in [0.2, 0.25) is 0 Å². The molecule has 1 fully saturated rings. The zero-order valence-electron chi connectivity index (χ0n) is 19.5. The topological polar surface area (TPSA) is 81.0 Å². The third-order valence-electron chi connectivity index (χ3n) is 6.79. The van der Waals surface area contributed by atoms with Crippen molar-refractivity contribution in [2.24, 2.45) is 5.92 Å². The fourth-order valence-electron chi connectivity index (χ4n) is 4.97. The lowest BCUT2D eigenvalue weighted by molar-refractivity contribution is -0.131. The van der Waals surface area contributed by atoms with Crippen LogP contribution in [0.3, 0.4) is 0 Å². The van der Waals surface area contributed by atoms with E-state index >= 15 is 0 Å². The molecule has 1 aliphatic rings. The minimum atomic E-state index is -0.892. The van der Waals surface area contributed by atoms with Gasteiger partial charge in [0.1, 0.15) is 17.3 Å². The van der Waals surface area contributed by atoms with Crippen molar-refractivity contribution in [1.29, 1.82) is 0 Å². The summed E-state index contributed by atoms with van der Waals surface area (Å²) in [6.07, 6.45) is -0.204. The van der Waals surface area contributed by atoms with Crippen LogP contribution in [0, 0.1) is 11.7 Å². The number of amides is 1. The number of phenolic OH excluding ortho intramolecular Hbond substituents is 2. The summed E-state index contributed by atoms with van der Waals surface area (Å²) < 4.78 is 13.6. The molecule has 0 bridgehead atoms. The minimum absolute atomic E-state index is 0.0000869. The molecule has 0 unspecified atom stereocenters. The molecular weight excluding hydrogens is 457 g/mol. The standard InChI is InChI=1S/C30H26FNO4/c31-21-8-6-7-19(17-21)26(33)16-15-25-29(32(30(25)36)22-9-2-1-3-10-22)20-13-14-24(28(35)18-20)23-11-4-5-12-27(23)34/h1-14,17-18,25-26,29,33-35H,15-16H2/t25-,26+,29-/m1/s1. The molecule has 0 aliphatic carbocycles. The van der Waals surface area contributed by atoms with E-state index in [9.17, 15) is 24.5 Å². The Balaban J connectivity index is 1.44. The molecule has 5 nitrogen and oxygen atoms in total. The number of carbonyl (C=O) groups is 1. The molecule has 4 aromatic rings. The molecule has 1 heterocycles. The predicted octanol–water partition coefficient (Wildman–Crippen LogP) is 6.12. The van der Waals surface area contributed by atoms with E-state index in [1.807, 2.05) is 36.4 Å². The molecule has 0 aromatic heterocycles. The first-order valence-corrected chi connectivity index (χ1v) is 11.9. The van der Waals surface area contributed by atoms with Gasteiger partial charge < -0.3 is 20.2 Å². The van der Waals surface area contributed by atoms with Crippen LogP contribution in [0.15, 0.2) is 97.1 Å². The minimum Gasteiger partial charge on any atom is -0.507 e. The van der Waals surface area contributed by atoms with Gasteiger partial charge in [0.05, 0.1) is 18.1 Å². The van der Waals surface area contributed by atoms with Crippen molar-refractivity contribution in [1.82, 2.24) is 0 Å². The first-order valence-electron chi connectivity index (χ1n) is 11.9. The fourth-order valence-corrected chi connectivity index (χ4v) is 4.97. The van der Waals surface area contributed by atoms with Gasteiger partial charge in [0.15, 0.2) is 0 Å². The molecule has 36 heavy (non-hydrogen) atoms. The van der Waals surface area contributed by atoms with Gasteiger partial charge in [0.2, 0.25) is 5.91 Å². The summed E-state index contributed by atoms with van der Waals surface area (Å²) in [7, 11) is 0. The number of β-lactam (4-membered cyclic amide) rings is 1. The van der Waals surface area contributed by atoms with Gasteiger partial charge in [0.25, 0.3) is 0 Å². The normalized spacial score (nSPS) is 18.1. The van der Waals surface area contributed by atoms with Gasteiger partial charge >= 0.3 is 0 Å². The number of aliphatic hydroxyl groups excluding tert-OH is 1. The lowest BCUT2D eigenvalue weighted by atomic mass is 9.78. The number of nitrogens with zero attached hydrogens (tertiary/aromatic N) is 1. The van der Waals surface area contributed by atoms with E-state index in [0.717, 1.165) is 11.3 Å². The molecule has 0 radical (unpaired) electrons. The maximum atomic E-state index is 13.6. The third kappa shape index (κ3) is 4.43. The van der Waals surface area contributed by atoms with Crippen LogP contribution in [0.4, 0.5) is 10.1 Å². The zero-order valence-corrected chi connectivity index (χ0v) is 19.5. The van der Waals surface area contributed by atoms with Gasteiger partial charge in [0, 0.05) is 16.8 Å². The summed E-state index contributed by atoms with van der Waals surface area (Å²) >= 11 is 0. The van der Waals surface area contributed by atoms with Crippen molar-refractivity contribution >= 4 is 11.6 Å². The van der Waals surface area contributed by atoms with Crippen LogP contribution in [0.1, 0.15) is 36.1 Å². The molecule has 1 amide bonds. The second-order valence-electron chi connectivity index (χ2n) is 9.04. The SMILES string of the molecule is O=C1[C@H](CC[C@H](O)c2cccc(F)c2)[C@@H](c2ccc(-c3ccccc3O)c(O)c2)N1c1ccccc1. The van der Waals surface area contributed by atoms with Crippen molar-refractivity contribution in [3.05, 3.63) is 114 Å². The Bertz CT molecular complexity index is 1390. The molecule has 4 aromatic carbocycles. The first kappa shape index (κ1) is 23.6. The van der Waals surface area contributed by atoms with Crippen LogP contribution >= 0.6 is 0 Å². The molecule has 3 N–H and O–H groups in total. The quantitative estimate of drug-likeness (QED) is 0.277. The number of phenols is 2. The maximum Gasteiger partial charge on any atom is 0.233 e. The Hall–Kier alpha value is -4.16. The lowest BCUT2D eigenvalue weighted by Crippen LogP contribution is -2.55. The molecule has 5 rings (SSSR count). The van der Waals surface area contributed by atoms with E-state index < -0.39 is 17.8 Å². The Labute approximate surface area is 208 Å². The largest absolute Gasteiger partial charge is 0.507 e. The second-order valence-corrected chi connectivity index (χ2v) is 9.04. The highest BCUT2D eigenvalue weighted by Crippen LogP contribution is 2.48. The number of anilines is 1. The summed E-state index contributed by atoms with van der Waals surface area (Å²) in [5.41, 5.74) is 2.98. The van der Waals surface area contributed by atoms with Crippen molar-refractivity contribution < 1.29 is 24.5 Å². The first-order chi connectivity index (χ1) is 17.4. The van der Waals surface area contributed by atoms with Crippen molar-refractivity contribution in [2.45, 2.75) is 25.0 Å². The molecule has 0 spiro atoms. The van der Waals surface area contributed by atoms with Crippen molar-refractivity contribution in [3.8, 4) is 22.6 Å². The number of para-hydroxylation sites is 2. The molecular formula is C30H26FNO4. The average Bonchev–Trinajstić information content (AvgIpc) is 2.88. The Kier molecular flexibility index (Phi) is 6.44. The number of aliphatic hydroxyl groups is 1. The summed E-state index contributed by atoms with van der Waals surface area (Å²) in [5, 5.41) is 31.7. The van der Waals surface area contributed by atoms with E-state index in [1.165, 1.54) is 12.1 Å². The highest BCUT2D eigenvalue weighted by molar-refractivity contribution is 6.03. The molecule has 1 aliphatic heterocycles. The fraction of sp³-hybridized carbons (Fsp3) is 0.167. The third-order valence-corrected chi connectivity index (χ3v) is 6.79. The number of benzene rings is 4. The van der Waals surface area contributed by atoms with E-state index in [4.69, 9.17) is 0 Å². The van der Waals surface area contributed by atoms with Gasteiger partial charge in [-0.15, -0.1) is 0 Å². The molecule has 3 atom stereocenters. The molecule has 6 heteroatoms. The van der Waals surface area contributed by atoms with Crippen molar-refractivity contribution in [2.75, 3.05) is 4.90 Å². The van der Waals surface area contributed by atoms with Gasteiger partial charge in [-0.3, -0.25) is 4.79 Å². The number of halogens is 1. The molecule has 182 valence electrons. The number of aromatic hydroxyl groups is 2. The van der Waals surface area contributed by atoms with Crippen LogP contribution < -0.4 is 4.90 Å². The smallest absolute Gasteiger partial charge is 0.233 e. The van der Waals surface area contributed by atoms with Crippen LogP contribution in [-0.2, 0) is 4.79 Å².